The zero-order valence-corrected chi connectivity index (χ0v) is 17.6. The van der Waals surface area contributed by atoms with Crippen LogP contribution >= 0.6 is 0 Å². The molecule has 13 heteroatoms. The van der Waals surface area contributed by atoms with Gasteiger partial charge in [0.2, 0.25) is 0 Å². The van der Waals surface area contributed by atoms with Crippen LogP contribution in [0.3, 0.4) is 0 Å². The Morgan fingerprint density at radius 2 is 1.82 bits per heavy atom. The molecule has 33 heavy (non-hydrogen) atoms. The van der Waals surface area contributed by atoms with E-state index in [-0.39, 0.29) is 23.8 Å². The Kier molecular flexibility index (Phi) is 6.29. The maximum absolute atomic E-state index is 12.4. The van der Waals surface area contributed by atoms with Gasteiger partial charge < -0.3 is 24.6 Å². The first kappa shape index (κ1) is 22.7. The van der Waals surface area contributed by atoms with E-state index in [1.54, 1.807) is 16.0 Å². The van der Waals surface area contributed by atoms with Crippen molar-refractivity contribution < 1.29 is 32.2 Å². The molecule has 1 aromatic heterocycles. The number of amides is 3. The van der Waals surface area contributed by atoms with Crippen LogP contribution in [-0.2, 0) is 17.9 Å². The molecule has 0 atom stereocenters. The normalized spacial score (nSPS) is 17.4. The third-order valence-corrected chi connectivity index (χ3v) is 5.83. The van der Waals surface area contributed by atoms with E-state index in [4.69, 9.17) is 4.74 Å². The number of hydrogen-bond acceptors (Lipinski definition) is 6. The number of likely N-dealkylation sites (tertiary alicyclic amines) is 2. The number of aromatic amines is 1. The minimum atomic E-state index is -4.75. The molecule has 2 saturated heterocycles. The van der Waals surface area contributed by atoms with Crippen molar-refractivity contribution in [3.63, 3.8) is 0 Å². The number of carbonyl (C=O) groups excluding carboxylic acids is 2. The Hall–Kier alpha value is -3.51. The van der Waals surface area contributed by atoms with Crippen molar-refractivity contribution in [3.8, 4) is 5.75 Å². The number of carbonyl (C=O) groups is 2. The first-order valence-corrected chi connectivity index (χ1v) is 10.4. The summed E-state index contributed by atoms with van der Waals surface area (Å²) in [6, 6.07) is 5.01. The molecule has 0 radical (unpaired) electrons. The Bertz CT molecular complexity index is 951. The molecule has 0 saturated carbocycles. The quantitative estimate of drug-likeness (QED) is 0.698. The van der Waals surface area contributed by atoms with Crippen LogP contribution in [0.1, 0.15) is 24.1 Å². The van der Waals surface area contributed by atoms with E-state index in [2.05, 4.69) is 25.5 Å². The largest absolute Gasteiger partial charge is 0.573 e. The van der Waals surface area contributed by atoms with Gasteiger partial charge in [0.15, 0.2) is 0 Å². The highest BCUT2D eigenvalue weighted by Gasteiger charge is 2.47. The van der Waals surface area contributed by atoms with Crippen LogP contribution in [0, 0.1) is 5.41 Å². The molecule has 178 valence electrons. The number of rotatable bonds is 5. The standard InChI is InChI=1S/C20H23F3N6O4/c21-20(22,23)33-16-3-1-14(2-4-16)11-32-18(31)28-7-5-19(6-8-28)12-29(13-19)17(30)24-9-15-10-25-27-26-15/h1-4,10H,5-9,11-13H2,(H,24,30)(H,25,26,27). The van der Waals surface area contributed by atoms with Crippen molar-refractivity contribution in [3.05, 3.63) is 41.7 Å². The van der Waals surface area contributed by atoms with Crippen molar-refractivity contribution in [2.75, 3.05) is 26.2 Å². The van der Waals surface area contributed by atoms with Crippen LogP contribution in [0.4, 0.5) is 22.8 Å². The number of benzene rings is 1. The summed E-state index contributed by atoms with van der Waals surface area (Å²) in [5, 5.41) is 12.8. The molecule has 0 aliphatic carbocycles. The SMILES string of the molecule is O=C(NCc1c[nH]nn1)N1CC2(CCN(C(=O)OCc3ccc(OC(F)(F)F)cc3)CC2)C1. The molecule has 2 N–H and O–H groups in total. The minimum absolute atomic E-state index is 0.0102. The molecule has 2 aliphatic heterocycles. The van der Waals surface area contributed by atoms with Crippen molar-refractivity contribution in [2.45, 2.75) is 32.4 Å². The lowest BCUT2D eigenvalue weighted by molar-refractivity contribution is -0.274. The van der Waals surface area contributed by atoms with Gasteiger partial charge in [-0.3, -0.25) is 5.10 Å². The number of H-pyrrole nitrogens is 1. The smallest absolute Gasteiger partial charge is 0.445 e. The highest BCUT2D eigenvalue weighted by molar-refractivity contribution is 5.75. The van der Waals surface area contributed by atoms with Gasteiger partial charge in [-0.05, 0) is 30.5 Å². The molecule has 1 aromatic carbocycles. The van der Waals surface area contributed by atoms with E-state index in [0.717, 1.165) is 12.8 Å². The summed E-state index contributed by atoms with van der Waals surface area (Å²) in [6.45, 7) is 2.56. The van der Waals surface area contributed by atoms with Crippen molar-refractivity contribution in [2.24, 2.45) is 5.41 Å². The molecule has 2 fully saturated rings. The lowest BCUT2D eigenvalue weighted by atomic mass is 9.72. The molecular formula is C20H23F3N6O4. The first-order chi connectivity index (χ1) is 15.7. The summed E-state index contributed by atoms with van der Waals surface area (Å²) in [7, 11) is 0. The summed E-state index contributed by atoms with van der Waals surface area (Å²) in [5.41, 5.74) is 1.21. The lowest BCUT2D eigenvalue weighted by Gasteiger charge is -2.53. The molecule has 3 amide bonds. The highest BCUT2D eigenvalue weighted by atomic mass is 19.4. The average molecular weight is 468 g/mol. The lowest BCUT2D eigenvalue weighted by Crippen LogP contribution is -2.63. The molecule has 2 aromatic rings. The van der Waals surface area contributed by atoms with Gasteiger partial charge in [-0.25, -0.2) is 9.59 Å². The predicted molar refractivity (Wildman–Crippen MR) is 107 cm³/mol. The van der Waals surface area contributed by atoms with Gasteiger partial charge >= 0.3 is 18.5 Å². The molecule has 0 bridgehead atoms. The Morgan fingerprint density at radius 3 is 2.42 bits per heavy atom. The molecule has 1 spiro atoms. The van der Waals surface area contributed by atoms with Crippen LogP contribution in [0.2, 0.25) is 0 Å². The number of urea groups is 1. The van der Waals surface area contributed by atoms with Gasteiger partial charge in [-0.1, -0.05) is 17.3 Å². The van der Waals surface area contributed by atoms with E-state index in [1.165, 1.54) is 24.3 Å². The predicted octanol–water partition coefficient (Wildman–Crippen LogP) is 2.65. The van der Waals surface area contributed by atoms with E-state index in [0.29, 0.717) is 44.0 Å². The number of aromatic nitrogens is 3. The third-order valence-electron chi connectivity index (χ3n) is 5.83. The number of alkyl halides is 3. The zero-order valence-electron chi connectivity index (χ0n) is 17.6. The fraction of sp³-hybridized carbons (Fsp3) is 0.500. The van der Waals surface area contributed by atoms with Gasteiger partial charge in [-0.15, -0.1) is 18.3 Å². The van der Waals surface area contributed by atoms with Crippen LogP contribution in [0.5, 0.6) is 5.75 Å². The number of ether oxygens (including phenoxy) is 2. The zero-order chi connectivity index (χ0) is 23.5. The summed E-state index contributed by atoms with van der Waals surface area (Å²) >= 11 is 0. The Balaban J connectivity index is 1.16. The topological polar surface area (TPSA) is 113 Å². The molecule has 10 nitrogen and oxygen atoms in total. The fourth-order valence-electron chi connectivity index (χ4n) is 4.00. The van der Waals surface area contributed by atoms with Crippen molar-refractivity contribution in [1.82, 2.24) is 30.5 Å². The van der Waals surface area contributed by atoms with E-state index in [1.807, 2.05) is 0 Å². The second kappa shape index (κ2) is 9.16. The monoisotopic (exact) mass is 468 g/mol. The Labute approximate surface area is 187 Å². The number of halogens is 3. The van der Waals surface area contributed by atoms with Gasteiger partial charge in [0.25, 0.3) is 0 Å². The third kappa shape index (κ3) is 5.84. The maximum Gasteiger partial charge on any atom is 0.573 e. The summed E-state index contributed by atoms with van der Waals surface area (Å²) < 4.78 is 45.7. The second-order valence-corrected chi connectivity index (χ2v) is 8.21. The second-order valence-electron chi connectivity index (χ2n) is 8.21. The highest BCUT2D eigenvalue weighted by Crippen LogP contribution is 2.40. The van der Waals surface area contributed by atoms with Crippen LogP contribution in [0.15, 0.2) is 30.5 Å². The van der Waals surface area contributed by atoms with Crippen LogP contribution in [-0.4, -0.2) is 69.9 Å². The molecule has 4 rings (SSSR count). The maximum atomic E-state index is 12.4. The van der Waals surface area contributed by atoms with Crippen LogP contribution < -0.4 is 10.1 Å². The van der Waals surface area contributed by atoms with E-state index < -0.39 is 12.5 Å². The first-order valence-electron chi connectivity index (χ1n) is 10.4. The Morgan fingerprint density at radius 1 is 1.12 bits per heavy atom. The van der Waals surface area contributed by atoms with E-state index >= 15 is 0 Å². The summed E-state index contributed by atoms with van der Waals surface area (Å²) in [5.74, 6) is -0.333. The number of nitrogens with one attached hydrogen (secondary N) is 2. The van der Waals surface area contributed by atoms with Crippen LogP contribution in [0.25, 0.3) is 0 Å². The van der Waals surface area contributed by atoms with Crippen molar-refractivity contribution >= 4 is 12.1 Å². The van der Waals surface area contributed by atoms with Gasteiger partial charge in [-0.2, -0.15) is 0 Å². The fourth-order valence-corrected chi connectivity index (χ4v) is 4.00. The van der Waals surface area contributed by atoms with Gasteiger partial charge in [0, 0.05) is 37.8 Å². The van der Waals surface area contributed by atoms with E-state index in [9.17, 15) is 22.8 Å². The molecule has 0 unspecified atom stereocenters. The summed E-state index contributed by atoms with van der Waals surface area (Å²) in [4.78, 5) is 27.9. The average Bonchev–Trinajstić information content (AvgIpc) is 3.28. The minimum Gasteiger partial charge on any atom is -0.445 e. The number of piperidine rings is 1. The number of nitrogens with zero attached hydrogens (tertiary/aromatic N) is 4. The van der Waals surface area contributed by atoms with Gasteiger partial charge in [0.1, 0.15) is 18.1 Å². The molecule has 2 aliphatic rings. The molecule has 3 heterocycles. The van der Waals surface area contributed by atoms with Gasteiger partial charge in [0.05, 0.1) is 6.54 Å². The van der Waals surface area contributed by atoms with Crippen molar-refractivity contribution in [1.29, 1.82) is 0 Å². The number of hydrogen-bond donors (Lipinski definition) is 2. The molecular weight excluding hydrogens is 445 g/mol. The summed E-state index contributed by atoms with van der Waals surface area (Å²) in [6.07, 6.45) is -2.08.